The first kappa shape index (κ1) is 18.0. The van der Waals surface area contributed by atoms with Crippen LogP contribution in [0.3, 0.4) is 0 Å². The number of aliphatic carboxylic acids is 1. The lowest BCUT2D eigenvalue weighted by Crippen LogP contribution is -2.47. The van der Waals surface area contributed by atoms with E-state index in [4.69, 9.17) is 16.7 Å². The number of amides is 2. The third-order valence-electron chi connectivity index (χ3n) is 3.17. The Morgan fingerprint density at radius 3 is 2.50 bits per heavy atom. The summed E-state index contributed by atoms with van der Waals surface area (Å²) in [6.45, 7) is 3.11. The van der Waals surface area contributed by atoms with Crippen LogP contribution in [0.2, 0.25) is 5.02 Å². The molecule has 0 aliphatic heterocycles. The van der Waals surface area contributed by atoms with Crippen LogP contribution in [0.15, 0.2) is 24.3 Å². The van der Waals surface area contributed by atoms with E-state index in [-0.39, 0.29) is 31.3 Å². The van der Waals surface area contributed by atoms with Crippen molar-refractivity contribution >= 4 is 29.4 Å². The van der Waals surface area contributed by atoms with Crippen LogP contribution in [0.1, 0.15) is 19.4 Å². The number of rotatable bonds is 7. The molecule has 6 nitrogen and oxygen atoms in total. The van der Waals surface area contributed by atoms with Gasteiger partial charge in [0, 0.05) is 25.0 Å². The number of carbonyl (C=O) groups is 3. The lowest BCUT2D eigenvalue weighted by molar-refractivity contribution is -0.149. The fourth-order valence-corrected chi connectivity index (χ4v) is 2.13. The van der Waals surface area contributed by atoms with Crippen molar-refractivity contribution < 1.29 is 19.5 Å². The summed E-state index contributed by atoms with van der Waals surface area (Å²) >= 11 is 6.02. The van der Waals surface area contributed by atoms with Gasteiger partial charge in [-0.2, -0.15) is 0 Å². The molecule has 2 amide bonds. The standard InChI is InChI=1S/C15H19ClN2O4/c1-10(15(21)22)18(8-7-17-11(2)19)14(20)9-12-5-3-4-6-13(12)16/h3-6,10H,7-9H2,1-2H3,(H,17,19)(H,21,22). The van der Waals surface area contributed by atoms with Crippen molar-refractivity contribution in [2.45, 2.75) is 26.3 Å². The lowest BCUT2D eigenvalue weighted by Gasteiger charge is -2.27. The monoisotopic (exact) mass is 326 g/mol. The van der Waals surface area contributed by atoms with Crippen LogP contribution in [0.5, 0.6) is 0 Å². The molecule has 120 valence electrons. The second-order valence-electron chi connectivity index (χ2n) is 4.85. The summed E-state index contributed by atoms with van der Waals surface area (Å²) < 4.78 is 0. The number of hydrogen-bond donors (Lipinski definition) is 2. The first-order valence-electron chi connectivity index (χ1n) is 6.83. The molecular weight excluding hydrogens is 308 g/mol. The molecule has 0 aliphatic carbocycles. The molecule has 0 fully saturated rings. The smallest absolute Gasteiger partial charge is 0.326 e. The molecule has 0 saturated heterocycles. The van der Waals surface area contributed by atoms with E-state index in [0.717, 1.165) is 0 Å². The number of carboxylic acids is 1. The van der Waals surface area contributed by atoms with Crippen molar-refractivity contribution in [3.63, 3.8) is 0 Å². The summed E-state index contributed by atoms with van der Waals surface area (Å²) in [7, 11) is 0. The van der Waals surface area contributed by atoms with Crippen LogP contribution in [0.4, 0.5) is 0 Å². The predicted octanol–water partition coefficient (Wildman–Crippen LogP) is 1.32. The van der Waals surface area contributed by atoms with Gasteiger partial charge < -0.3 is 15.3 Å². The third-order valence-corrected chi connectivity index (χ3v) is 3.54. The van der Waals surface area contributed by atoms with Crippen molar-refractivity contribution in [3.8, 4) is 0 Å². The Bertz CT molecular complexity index is 562. The molecule has 1 atom stereocenters. The number of halogens is 1. The second kappa shape index (κ2) is 8.38. The van der Waals surface area contributed by atoms with Crippen molar-refractivity contribution in [1.29, 1.82) is 0 Å². The van der Waals surface area contributed by atoms with E-state index in [1.807, 2.05) is 0 Å². The van der Waals surface area contributed by atoms with Gasteiger partial charge >= 0.3 is 5.97 Å². The van der Waals surface area contributed by atoms with Crippen molar-refractivity contribution in [1.82, 2.24) is 10.2 Å². The maximum atomic E-state index is 12.4. The maximum absolute atomic E-state index is 12.4. The molecule has 0 saturated carbocycles. The topological polar surface area (TPSA) is 86.7 Å². The average Bonchev–Trinajstić information content (AvgIpc) is 2.44. The molecule has 0 aliphatic rings. The average molecular weight is 327 g/mol. The van der Waals surface area contributed by atoms with Gasteiger partial charge in [-0.05, 0) is 18.6 Å². The zero-order valence-corrected chi connectivity index (χ0v) is 13.3. The van der Waals surface area contributed by atoms with Crippen molar-refractivity contribution in [3.05, 3.63) is 34.9 Å². The molecule has 0 radical (unpaired) electrons. The molecule has 2 N–H and O–H groups in total. The highest BCUT2D eigenvalue weighted by Crippen LogP contribution is 2.16. The Kier molecular flexibility index (Phi) is 6.85. The zero-order valence-electron chi connectivity index (χ0n) is 12.5. The summed E-state index contributed by atoms with van der Waals surface area (Å²) in [6, 6.07) is 5.93. The summed E-state index contributed by atoms with van der Waals surface area (Å²) in [5.41, 5.74) is 0.635. The maximum Gasteiger partial charge on any atom is 0.326 e. The number of carbonyl (C=O) groups excluding carboxylic acids is 2. The molecule has 1 aromatic carbocycles. The predicted molar refractivity (Wildman–Crippen MR) is 82.7 cm³/mol. The minimum Gasteiger partial charge on any atom is -0.480 e. The van der Waals surface area contributed by atoms with Gasteiger partial charge in [0.15, 0.2) is 0 Å². The van der Waals surface area contributed by atoms with Gasteiger partial charge in [0.05, 0.1) is 6.42 Å². The van der Waals surface area contributed by atoms with Gasteiger partial charge in [0.25, 0.3) is 0 Å². The van der Waals surface area contributed by atoms with Gasteiger partial charge in [-0.3, -0.25) is 9.59 Å². The highest BCUT2D eigenvalue weighted by atomic mass is 35.5. The molecule has 1 rings (SSSR count). The summed E-state index contributed by atoms with van der Waals surface area (Å²) in [5, 5.41) is 12.1. The SMILES string of the molecule is CC(=O)NCCN(C(=O)Cc1ccccc1Cl)C(C)C(=O)O. The largest absolute Gasteiger partial charge is 0.480 e. The Hall–Kier alpha value is -2.08. The molecule has 22 heavy (non-hydrogen) atoms. The minimum atomic E-state index is -1.10. The van der Waals surface area contributed by atoms with E-state index in [2.05, 4.69) is 5.32 Å². The van der Waals surface area contributed by atoms with E-state index < -0.39 is 12.0 Å². The van der Waals surface area contributed by atoms with Crippen molar-refractivity contribution in [2.75, 3.05) is 13.1 Å². The van der Waals surface area contributed by atoms with Crippen LogP contribution in [-0.2, 0) is 20.8 Å². The van der Waals surface area contributed by atoms with Crippen LogP contribution < -0.4 is 5.32 Å². The van der Waals surface area contributed by atoms with E-state index in [1.54, 1.807) is 24.3 Å². The van der Waals surface area contributed by atoms with Crippen LogP contribution >= 0.6 is 11.6 Å². The number of hydrogen-bond acceptors (Lipinski definition) is 3. The molecule has 1 unspecified atom stereocenters. The van der Waals surface area contributed by atoms with Crippen LogP contribution in [-0.4, -0.2) is 46.9 Å². The Labute approximate surface area is 134 Å². The van der Waals surface area contributed by atoms with Gasteiger partial charge in [0.2, 0.25) is 11.8 Å². The molecule has 1 aromatic rings. The van der Waals surface area contributed by atoms with Crippen LogP contribution in [0, 0.1) is 0 Å². The zero-order chi connectivity index (χ0) is 16.7. The first-order valence-corrected chi connectivity index (χ1v) is 7.20. The van der Waals surface area contributed by atoms with Gasteiger partial charge in [-0.25, -0.2) is 4.79 Å². The summed E-state index contributed by atoms with van der Waals surface area (Å²) in [6.07, 6.45) is 0.0113. The van der Waals surface area contributed by atoms with Gasteiger partial charge in [-0.1, -0.05) is 29.8 Å². The normalized spacial score (nSPS) is 11.6. The van der Waals surface area contributed by atoms with Gasteiger partial charge in [-0.15, -0.1) is 0 Å². The Morgan fingerprint density at radius 1 is 1.32 bits per heavy atom. The fraction of sp³-hybridized carbons (Fsp3) is 0.400. The molecular formula is C15H19ClN2O4. The van der Waals surface area contributed by atoms with E-state index in [9.17, 15) is 14.4 Å². The number of carboxylic acid groups (broad SMARTS) is 1. The third kappa shape index (κ3) is 5.37. The lowest BCUT2D eigenvalue weighted by atomic mass is 10.1. The van der Waals surface area contributed by atoms with E-state index in [1.165, 1.54) is 18.7 Å². The highest BCUT2D eigenvalue weighted by molar-refractivity contribution is 6.31. The summed E-state index contributed by atoms with van der Waals surface area (Å²) in [4.78, 5) is 35.6. The molecule has 0 spiro atoms. The second-order valence-corrected chi connectivity index (χ2v) is 5.26. The fourth-order valence-electron chi connectivity index (χ4n) is 1.93. The van der Waals surface area contributed by atoms with E-state index in [0.29, 0.717) is 10.6 Å². The molecule has 7 heteroatoms. The number of benzene rings is 1. The number of nitrogens with one attached hydrogen (secondary N) is 1. The van der Waals surface area contributed by atoms with Crippen LogP contribution in [0.25, 0.3) is 0 Å². The Balaban J connectivity index is 2.80. The van der Waals surface area contributed by atoms with Gasteiger partial charge in [0.1, 0.15) is 6.04 Å². The van der Waals surface area contributed by atoms with Crippen molar-refractivity contribution in [2.24, 2.45) is 0 Å². The minimum absolute atomic E-state index is 0.0113. The molecule has 0 bridgehead atoms. The quantitative estimate of drug-likeness (QED) is 0.791. The Morgan fingerprint density at radius 2 is 1.95 bits per heavy atom. The molecule has 0 aromatic heterocycles. The van der Waals surface area contributed by atoms with E-state index >= 15 is 0 Å². The first-order chi connectivity index (χ1) is 10.3. The number of nitrogens with zero attached hydrogens (tertiary/aromatic N) is 1. The summed E-state index contributed by atoms with van der Waals surface area (Å²) in [5.74, 6) is -1.69. The highest BCUT2D eigenvalue weighted by Gasteiger charge is 2.25. The molecule has 0 heterocycles.